The van der Waals surface area contributed by atoms with Gasteiger partial charge in [0.25, 0.3) is 0 Å². The van der Waals surface area contributed by atoms with Crippen LogP contribution in [0.1, 0.15) is 13.3 Å². The summed E-state index contributed by atoms with van der Waals surface area (Å²) in [5.41, 5.74) is 0. The fourth-order valence-electron chi connectivity index (χ4n) is 0.587. The summed E-state index contributed by atoms with van der Waals surface area (Å²) in [6.07, 6.45) is 0.126. The molecular weight excluding hydrogens is 298 g/mol. The van der Waals surface area contributed by atoms with E-state index in [0.29, 0.717) is 11.8 Å². The zero-order valence-electron chi connectivity index (χ0n) is 11.6. The first-order chi connectivity index (χ1) is 9.15. The van der Waals surface area contributed by atoms with E-state index in [-0.39, 0.29) is 58.7 Å². The van der Waals surface area contributed by atoms with Crippen LogP contribution in [0.2, 0.25) is 0 Å². The molecule has 0 aliphatic rings. The molecule has 0 rings (SSSR count). The summed E-state index contributed by atoms with van der Waals surface area (Å²) >= 11 is 0. The molecule has 10 heteroatoms. The molecule has 0 saturated carbocycles. The first kappa shape index (κ1) is 24.9. The average Bonchev–Trinajstić information content (AvgIpc) is 2.46. The van der Waals surface area contributed by atoms with Crippen molar-refractivity contribution in [3.05, 3.63) is 0 Å². The van der Waals surface area contributed by atoms with E-state index >= 15 is 0 Å². The molecule has 126 valence electrons. The molecule has 0 radical (unpaired) electrons. The van der Waals surface area contributed by atoms with Gasteiger partial charge in [-0.2, -0.15) is 0 Å². The minimum atomic E-state index is -0.509. The van der Waals surface area contributed by atoms with Crippen LogP contribution in [0.3, 0.4) is 0 Å². The maximum absolute atomic E-state index is 8.42. The molecule has 1 atom stereocenters. The van der Waals surface area contributed by atoms with Crippen LogP contribution in [-0.4, -0.2) is 83.3 Å². The molecule has 0 amide bonds. The van der Waals surface area contributed by atoms with Gasteiger partial charge >= 0.3 is 0 Å². The van der Waals surface area contributed by atoms with Gasteiger partial charge in [-0.25, -0.2) is 14.5 Å². The van der Waals surface area contributed by atoms with E-state index in [9.17, 15) is 0 Å². The first-order valence-corrected chi connectivity index (χ1v) is 5.96. The van der Waals surface area contributed by atoms with Gasteiger partial charge in [0.2, 0.25) is 0 Å². The Morgan fingerprint density at radius 3 is 1.35 bits per heavy atom. The second-order valence-corrected chi connectivity index (χ2v) is 3.14. The molecule has 1 unspecified atom stereocenters. The molecule has 0 fully saturated rings. The molecule has 5 N–H and O–H groups in total. The summed E-state index contributed by atoms with van der Waals surface area (Å²) in [6.45, 7) is 1.20. The van der Waals surface area contributed by atoms with Crippen LogP contribution in [0.4, 0.5) is 0 Å². The second kappa shape index (κ2) is 21.2. The first-order valence-electron chi connectivity index (χ1n) is 5.96. The number of nitrogens with zero attached hydrogens (tertiary/aromatic N) is 1. The average molecular weight is 324 g/mol. The van der Waals surface area contributed by atoms with E-state index in [0.717, 1.165) is 0 Å². The maximum atomic E-state index is 8.42. The predicted molar refractivity (Wildman–Crippen MR) is 71.6 cm³/mol. The van der Waals surface area contributed by atoms with Gasteiger partial charge in [-0.05, 0) is 6.42 Å². The van der Waals surface area contributed by atoms with Crippen molar-refractivity contribution in [3.8, 4) is 0 Å². The monoisotopic (exact) mass is 323 g/mol. The van der Waals surface area contributed by atoms with Gasteiger partial charge in [0.05, 0.1) is 57.7 Å². The van der Waals surface area contributed by atoms with Crippen molar-refractivity contribution < 1.29 is 40.0 Å². The summed E-state index contributed by atoms with van der Waals surface area (Å²) in [7, 11) is 0. The van der Waals surface area contributed by atoms with Crippen LogP contribution in [0.25, 0.3) is 0 Å². The number of aliphatic hydroxyl groups is 5. The normalized spacial score (nSPS) is 11.6. The number of hydrogen-bond donors (Lipinski definition) is 5. The zero-order valence-corrected chi connectivity index (χ0v) is 12.4. The summed E-state index contributed by atoms with van der Waals surface area (Å²) < 4.78 is 0. The molecule has 0 bridgehead atoms. The molecular formula is C10H26ClNO8. The van der Waals surface area contributed by atoms with Crippen molar-refractivity contribution >= 4 is 12.4 Å². The van der Waals surface area contributed by atoms with Crippen molar-refractivity contribution in [3.63, 3.8) is 0 Å². The molecule has 0 heterocycles. The third kappa shape index (κ3) is 20.3. The Labute approximate surface area is 124 Å². The molecule has 0 aliphatic heterocycles. The molecule has 9 nitrogen and oxygen atoms in total. The smallest absolute Gasteiger partial charge is 0.0967 e. The maximum Gasteiger partial charge on any atom is 0.0967 e. The lowest BCUT2D eigenvalue weighted by Crippen LogP contribution is -2.28. The van der Waals surface area contributed by atoms with Crippen LogP contribution >= 0.6 is 12.4 Å². The van der Waals surface area contributed by atoms with Crippen LogP contribution in [-0.2, 0) is 14.5 Å². The van der Waals surface area contributed by atoms with E-state index in [1.165, 1.54) is 0 Å². The van der Waals surface area contributed by atoms with Gasteiger partial charge in [-0.1, -0.05) is 6.92 Å². The van der Waals surface area contributed by atoms with Crippen molar-refractivity contribution in [1.29, 1.82) is 0 Å². The van der Waals surface area contributed by atoms with Crippen LogP contribution in [0, 0.1) is 0 Å². The van der Waals surface area contributed by atoms with Gasteiger partial charge in [0, 0.05) is 0 Å². The van der Waals surface area contributed by atoms with E-state index in [1.807, 2.05) is 6.92 Å². The lowest BCUT2D eigenvalue weighted by atomic mass is 10.3. The predicted octanol–water partition coefficient (Wildman–Crippen LogP) is -1.77. The van der Waals surface area contributed by atoms with Gasteiger partial charge in [-0.3, -0.25) is 0 Å². The van der Waals surface area contributed by atoms with Crippen molar-refractivity contribution in [2.24, 2.45) is 0 Å². The van der Waals surface area contributed by atoms with E-state index in [4.69, 9.17) is 40.0 Å². The van der Waals surface area contributed by atoms with Crippen LogP contribution in [0.5, 0.6) is 0 Å². The van der Waals surface area contributed by atoms with Crippen LogP contribution < -0.4 is 0 Å². The van der Waals surface area contributed by atoms with Crippen molar-refractivity contribution in [2.75, 3.05) is 46.2 Å². The molecule has 0 aromatic heterocycles. The molecule has 0 aromatic carbocycles. The van der Waals surface area contributed by atoms with Gasteiger partial charge < -0.3 is 25.5 Å². The largest absolute Gasteiger partial charge is 0.394 e. The van der Waals surface area contributed by atoms with Crippen molar-refractivity contribution in [1.82, 2.24) is 5.39 Å². The summed E-state index contributed by atoms with van der Waals surface area (Å²) in [5.74, 6) is 0. The zero-order chi connectivity index (χ0) is 14.9. The number of halogens is 1. The lowest BCUT2D eigenvalue weighted by molar-refractivity contribution is -0.527. The number of rotatable bonds is 11. The quantitative estimate of drug-likeness (QED) is 0.280. The fourth-order valence-corrected chi connectivity index (χ4v) is 0.587. The number of hydrogen-bond acceptors (Lipinski definition) is 9. The molecule has 0 saturated heterocycles. The molecule has 0 aliphatic carbocycles. The van der Waals surface area contributed by atoms with Crippen molar-refractivity contribution in [2.45, 2.75) is 19.4 Å². The summed E-state index contributed by atoms with van der Waals surface area (Å²) in [5, 5.41) is 42.4. The third-order valence-corrected chi connectivity index (χ3v) is 1.55. The Bertz CT molecular complexity index is 145. The van der Waals surface area contributed by atoms with Gasteiger partial charge in [0.15, 0.2) is 0 Å². The minimum absolute atomic E-state index is 0. The highest BCUT2D eigenvalue weighted by molar-refractivity contribution is 5.85. The molecule has 20 heavy (non-hydrogen) atoms. The minimum Gasteiger partial charge on any atom is -0.394 e. The Hall–Kier alpha value is -0.0700. The summed E-state index contributed by atoms with van der Waals surface area (Å²) in [4.78, 5) is 14.1. The van der Waals surface area contributed by atoms with E-state index < -0.39 is 6.10 Å². The number of aliphatic hydroxyl groups excluding tert-OH is 5. The topological polar surface area (TPSA) is 132 Å². The van der Waals surface area contributed by atoms with Crippen LogP contribution in [0.15, 0.2) is 0 Å². The fraction of sp³-hybridized carbons (Fsp3) is 1.00. The van der Waals surface area contributed by atoms with Gasteiger partial charge in [-0.15, -0.1) is 12.4 Å². The Kier molecular flexibility index (Phi) is 26.5. The Balaban J connectivity index is -0.000000352. The highest BCUT2D eigenvalue weighted by Gasteiger charge is 2.05. The second-order valence-electron chi connectivity index (χ2n) is 3.14. The molecule has 0 aromatic rings. The Morgan fingerprint density at radius 2 is 1.20 bits per heavy atom. The highest BCUT2D eigenvalue weighted by Crippen LogP contribution is 1.93. The van der Waals surface area contributed by atoms with Gasteiger partial charge in [0.1, 0.15) is 0 Å². The standard InChI is InChI=1S/C6H15NO6.C4H10O2.ClH/c8-1-4-11-7(12-5-2-9)13-6-3-10;1-2-4(6)3-5;/h8-10H,1-6H2;4-6H,2-3H2,1H3;1H. The Morgan fingerprint density at radius 1 is 0.850 bits per heavy atom. The highest BCUT2D eigenvalue weighted by atomic mass is 35.5. The van der Waals surface area contributed by atoms with E-state index in [1.54, 1.807) is 0 Å². The third-order valence-electron chi connectivity index (χ3n) is 1.55. The SMILES string of the molecule is CCC(O)CO.Cl.OCCON(OCCO)OCCO. The molecule has 0 spiro atoms. The van der Waals surface area contributed by atoms with E-state index in [2.05, 4.69) is 0 Å². The lowest BCUT2D eigenvalue weighted by Gasteiger charge is -2.17. The summed E-state index contributed by atoms with van der Waals surface area (Å²) in [6, 6.07) is 0.